The molecule has 0 aliphatic heterocycles. The van der Waals surface area contributed by atoms with Gasteiger partial charge in [-0.05, 0) is 45.6 Å². The first-order chi connectivity index (χ1) is 14.1. The highest BCUT2D eigenvalue weighted by Crippen LogP contribution is 2.01. The van der Waals surface area contributed by atoms with Crippen molar-refractivity contribution >= 4 is 29.7 Å². The van der Waals surface area contributed by atoms with E-state index in [4.69, 9.17) is 22.9 Å². The lowest BCUT2D eigenvalue weighted by Gasteiger charge is -2.19. The molecule has 0 aromatic heterocycles. The van der Waals surface area contributed by atoms with Crippen LogP contribution in [-0.2, 0) is 19.2 Å². The van der Waals surface area contributed by atoms with Gasteiger partial charge in [-0.3, -0.25) is 19.4 Å². The molecule has 0 spiro atoms. The maximum absolute atomic E-state index is 12.1. The largest absolute Gasteiger partial charge is 0.480 e. The molecule has 0 aromatic rings. The van der Waals surface area contributed by atoms with Gasteiger partial charge in [0.15, 0.2) is 5.96 Å². The van der Waals surface area contributed by atoms with Crippen molar-refractivity contribution < 1.29 is 24.3 Å². The fraction of sp³-hybridized carbons (Fsp3) is 0.706. The lowest BCUT2D eigenvalue weighted by molar-refractivity contribution is -0.142. The van der Waals surface area contributed by atoms with Crippen LogP contribution in [0.25, 0.3) is 0 Å². The lowest BCUT2D eigenvalue weighted by Crippen LogP contribution is -2.52. The maximum Gasteiger partial charge on any atom is 0.326 e. The summed E-state index contributed by atoms with van der Waals surface area (Å²) in [6.45, 7) is 1.79. The molecular formula is C17H34N8O5. The number of aliphatic imine (C=N–C) groups is 1. The van der Waals surface area contributed by atoms with Crippen LogP contribution in [-0.4, -0.2) is 72.5 Å². The summed E-state index contributed by atoms with van der Waals surface area (Å²) >= 11 is 0. The predicted molar refractivity (Wildman–Crippen MR) is 111 cm³/mol. The zero-order valence-corrected chi connectivity index (χ0v) is 17.2. The molecule has 3 amide bonds. The van der Waals surface area contributed by atoms with E-state index in [1.54, 1.807) is 0 Å². The molecule has 3 unspecified atom stereocenters. The molecule has 0 heterocycles. The number of hydrogen-bond acceptors (Lipinski definition) is 7. The molecule has 13 heteroatoms. The Bertz CT molecular complexity index is 609. The summed E-state index contributed by atoms with van der Waals surface area (Å²) in [5, 5.41) is 16.3. The highest BCUT2D eigenvalue weighted by atomic mass is 16.4. The molecule has 0 rings (SSSR count). The van der Waals surface area contributed by atoms with Crippen LogP contribution in [0.5, 0.6) is 0 Å². The number of nitrogens with one attached hydrogen (secondary N) is 3. The number of carbonyl (C=O) groups excluding carboxylic acids is 3. The molecule has 0 bridgehead atoms. The fourth-order valence-corrected chi connectivity index (χ4v) is 2.35. The van der Waals surface area contributed by atoms with Crippen molar-refractivity contribution in [3.63, 3.8) is 0 Å². The zero-order valence-electron chi connectivity index (χ0n) is 17.2. The normalized spacial score (nSPS) is 13.4. The van der Waals surface area contributed by atoms with Gasteiger partial charge in [0.2, 0.25) is 17.7 Å². The van der Waals surface area contributed by atoms with Crippen LogP contribution in [0.2, 0.25) is 0 Å². The second kappa shape index (κ2) is 15.0. The number of nitrogens with two attached hydrogens (primary N) is 4. The standard InChI is InChI=1S/C17H34N8O5/c1-10(14(27)25-12(16(29)30)6-2-3-7-18)24-13(26)9-23-15(28)11(19)5-4-8-22-17(20)21/h10-12H,2-9,18-19H2,1H3,(H,23,28)(H,24,26)(H,25,27)(H,29,30)(H4,20,21,22). The van der Waals surface area contributed by atoms with Gasteiger partial charge in [0.05, 0.1) is 12.6 Å². The number of carboxylic acids is 1. The molecule has 0 aliphatic rings. The number of carboxylic acid groups (broad SMARTS) is 1. The van der Waals surface area contributed by atoms with Crippen LogP contribution >= 0.6 is 0 Å². The van der Waals surface area contributed by atoms with Crippen molar-refractivity contribution in [3.05, 3.63) is 0 Å². The Balaban J connectivity index is 4.32. The first kappa shape index (κ1) is 27.1. The fourth-order valence-electron chi connectivity index (χ4n) is 2.35. The van der Waals surface area contributed by atoms with E-state index < -0.39 is 41.8 Å². The molecule has 0 aromatic carbocycles. The highest BCUT2D eigenvalue weighted by Gasteiger charge is 2.23. The number of amides is 3. The summed E-state index contributed by atoms with van der Waals surface area (Å²) in [4.78, 5) is 50.9. The monoisotopic (exact) mass is 430 g/mol. The Labute approximate surface area is 175 Å². The summed E-state index contributed by atoms with van der Waals surface area (Å²) in [6.07, 6.45) is 2.24. The van der Waals surface area contributed by atoms with Crippen molar-refractivity contribution in [2.45, 2.75) is 57.2 Å². The van der Waals surface area contributed by atoms with E-state index in [2.05, 4.69) is 20.9 Å². The summed E-state index contributed by atoms with van der Waals surface area (Å²) in [6, 6.07) is -2.89. The molecule has 0 aliphatic carbocycles. The van der Waals surface area contributed by atoms with Crippen molar-refractivity contribution in [3.8, 4) is 0 Å². The molecule has 12 N–H and O–H groups in total. The van der Waals surface area contributed by atoms with E-state index in [1.807, 2.05) is 0 Å². The van der Waals surface area contributed by atoms with E-state index >= 15 is 0 Å². The Kier molecular flexibility index (Phi) is 13.5. The molecular weight excluding hydrogens is 396 g/mol. The molecule has 13 nitrogen and oxygen atoms in total. The van der Waals surface area contributed by atoms with Gasteiger partial charge in [-0.2, -0.15) is 0 Å². The number of hydrogen-bond donors (Lipinski definition) is 8. The maximum atomic E-state index is 12.1. The molecule has 172 valence electrons. The van der Waals surface area contributed by atoms with Crippen molar-refractivity contribution in [1.82, 2.24) is 16.0 Å². The average molecular weight is 431 g/mol. The highest BCUT2D eigenvalue weighted by molar-refractivity contribution is 5.92. The smallest absolute Gasteiger partial charge is 0.326 e. The number of aliphatic carboxylic acids is 1. The summed E-state index contributed by atoms with van der Waals surface area (Å²) in [5.74, 6) is -3.01. The first-order valence-electron chi connectivity index (χ1n) is 9.69. The van der Waals surface area contributed by atoms with Gasteiger partial charge in [-0.15, -0.1) is 0 Å². The van der Waals surface area contributed by atoms with Gasteiger partial charge < -0.3 is 44.0 Å². The Hall–Kier alpha value is -2.93. The number of carbonyl (C=O) groups is 4. The third-order valence-corrected chi connectivity index (χ3v) is 4.06. The van der Waals surface area contributed by atoms with Gasteiger partial charge in [0.1, 0.15) is 12.1 Å². The van der Waals surface area contributed by atoms with Crippen LogP contribution in [0.3, 0.4) is 0 Å². The Morgan fingerprint density at radius 3 is 2.23 bits per heavy atom. The Morgan fingerprint density at radius 1 is 1.00 bits per heavy atom. The van der Waals surface area contributed by atoms with Gasteiger partial charge >= 0.3 is 5.97 Å². The van der Waals surface area contributed by atoms with Crippen LogP contribution in [0, 0.1) is 0 Å². The van der Waals surface area contributed by atoms with E-state index in [-0.39, 0.29) is 18.9 Å². The van der Waals surface area contributed by atoms with Crippen LogP contribution in [0.15, 0.2) is 4.99 Å². The van der Waals surface area contributed by atoms with Crippen molar-refractivity contribution in [2.75, 3.05) is 19.6 Å². The minimum Gasteiger partial charge on any atom is -0.480 e. The predicted octanol–water partition coefficient (Wildman–Crippen LogP) is -3.31. The van der Waals surface area contributed by atoms with Crippen molar-refractivity contribution in [1.29, 1.82) is 0 Å². The van der Waals surface area contributed by atoms with Gasteiger partial charge in [-0.1, -0.05) is 0 Å². The average Bonchev–Trinajstić information content (AvgIpc) is 2.67. The molecule has 0 radical (unpaired) electrons. The Morgan fingerprint density at radius 2 is 1.67 bits per heavy atom. The minimum atomic E-state index is -1.17. The second-order valence-corrected chi connectivity index (χ2v) is 6.75. The second-order valence-electron chi connectivity index (χ2n) is 6.75. The summed E-state index contributed by atoms with van der Waals surface area (Å²) < 4.78 is 0. The van der Waals surface area contributed by atoms with Gasteiger partial charge in [0.25, 0.3) is 0 Å². The van der Waals surface area contributed by atoms with Gasteiger partial charge in [0, 0.05) is 6.54 Å². The third-order valence-electron chi connectivity index (χ3n) is 4.06. The first-order valence-corrected chi connectivity index (χ1v) is 9.69. The molecule has 30 heavy (non-hydrogen) atoms. The van der Waals surface area contributed by atoms with Crippen molar-refractivity contribution in [2.24, 2.45) is 27.9 Å². The number of guanidine groups is 1. The topological polar surface area (TPSA) is 241 Å². The van der Waals surface area contributed by atoms with Gasteiger partial charge in [-0.25, -0.2) is 4.79 Å². The zero-order chi connectivity index (χ0) is 23.1. The summed E-state index contributed by atoms with van der Waals surface area (Å²) in [7, 11) is 0. The van der Waals surface area contributed by atoms with Crippen LogP contribution in [0.1, 0.15) is 39.0 Å². The van der Waals surface area contributed by atoms with E-state index in [0.717, 1.165) is 0 Å². The summed E-state index contributed by atoms with van der Waals surface area (Å²) in [5.41, 5.74) is 21.5. The number of nitrogens with zero attached hydrogens (tertiary/aromatic N) is 1. The van der Waals surface area contributed by atoms with Crippen LogP contribution in [0.4, 0.5) is 0 Å². The number of unbranched alkanes of at least 4 members (excludes halogenated alkanes) is 1. The molecule has 0 fully saturated rings. The SMILES string of the molecule is CC(NC(=O)CNC(=O)C(N)CCCN=C(N)N)C(=O)NC(CCCCN)C(=O)O. The minimum absolute atomic E-state index is 0.0481. The molecule has 3 atom stereocenters. The number of rotatable bonds is 15. The van der Waals surface area contributed by atoms with Crippen LogP contribution < -0.4 is 38.9 Å². The molecule has 0 saturated carbocycles. The van der Waals surface area contributed by atoms with E-state index in [0.29, 0.717) is 38.8 Å². The van der Waals surface area contributed by atoms with E-state index in [9.17, 15) is 24.3 Å². The lowest BCUT2D eigenvalue weighted by atomic mass is 10.1. The molecule has 0 saturated heterocycles. The van der Waals surface area contributed by atoms with E-state index in [1.165, 1.54) is 6.92 Å². The third kappa shape index (κ3) is 12.5. The quantitative estimate of drug-likeness (QED) is 0.0735.